The van der Waals surface area contributed by atoms with E-state index in [9.17, 15) is 0 Å². The summed E-state index contributed by atoms with van der Waals surface area (Å²) < 4.78 is 0. The van der Waals surface area contributed by atoms with E-state index >= 15 is 0 Å². The van der Waals surface area contributed by atoms with E-state index in [0.717, 1.165) is 17.1 Å². The van der Waals surface area contributed by atoms with Crippen LogP contribution in [0.1, 0.15) is 25.4 Å². The molecule has 11 heavy (non-hydrogen) atoms. The minimum Gasteiger partial charge on any atom is -0.237 e. The molecular formula is C9H12N2. The summed E-state index contributed by atoms with van der Waals surface area (Å²) in [4.78, 5) is 8.40. The Hall–Kier alpha value is -1.18. The van der Waals surface area contributed by atoms with Gasteiger partial charge in [-0.05, 0) is 32.4 Å². The molecule has 1 aromatic rings. The van der Waals surface area contributed by atoms with Gasteiger partial charge in [0.2, 0.25) is 0 Å². The first-order valence-electron chi connectivity index (χ1n) is 3.67. The molecule has 58 valence electrons. The second-order valence-corrected chi connectivity index (χ2v) is 2.49. The number of allylic oxidation sites excluding steroid dienone is 2. The zero-order valence-electron chi connectivity index (χ0n) is 7.13. The normalized spacial score (nSPS) is 11.7. The highest BCUT2D eigenvalue weighted by Gasteiger charge is 1.95. The second-order valence-electron chi connectivity index (χ2n) is 2.49. The number of aryl methyl sites for hydroxylation is 1. The van der Waals surface area contributed by atoms with E-state index in [1.165, 1.54) is 0 Å². The van der Waals surface area contributed by atoms with Gasteiger partial charge in [0.05, 0.1) is 0 Å². The number of aromatic nitrogens is 2. The maximum absolute atomic E-state index is 4.26. The van der Waals surface area contributed by atoms with Crippen LogP contribution in [0, 0.1) is 6.92 Å². The molecule has 0 N–H and O–H groups in total. The fourth-order valence-corrected chi connectivity index (χ4v) is 0.768. The molecule has 0 radical (unpaired) electrons. The Morgan fingerprint density at radius 1 is 1.55 bits per heavy atom. The fourth-order valence-electron chi connectivity index (χ4n) is 0.768. The van der Waals surface area contributed by atoms with Crippen LogP contribution in [0.2, 0.25) is 0 Å². The lowest BCUT2D eigenvalue weighted by Gasteiger charge is -1.98. The quantitative estimate of drug-likeness (QED) is 0.610. The summed E-state index contributed by atoms with van der Waals surface area (Å²) in [6, 6.07) is 1.90. The van der Waals surface area contributed by atoms with Crippen LogP contribution in [0.4, 0.5) is 0 Å². The maximum Gasteiger partial charge on any atom is 0.154 e. The average Bonchev–Trinajstić information content (AvgIpc) is 2.03. The van der Waals surface area contributed by atoms with Crippen LogP contribution in [-0.4, -0.2) is 9.97 Å². The summed E-state index contributed by atoms with van der Waals surface area (Å²) in [5.74, 6) is 0.826. The Balaban J connectivity index is 3.06. The molecule has 2 heteroatoms. The van der Waals surface area contributed by atoms with E-state index in [4.69, 9.17) is 0 Å². The van der Waals surface area contributed by atoms with Crippen molar-refractivity contribution < 1.29 is 0 Å². The fraction of sp³-hybridized carbons (Fsp3) is 0.333. The molecular weight excluding hydrogens is 136 g/mol. The zero-order valence-corrected chi connectivity index (χ0v) is 7.13. The molecule has 0 atom stereocenters. The monoisotopic (exact) mass is 148 g/mol. The zero-order chi connectivity index (χ0) is 8.27. The number of hydrogen-bond donors (Lipinski definition) is 0. The largest absolute Gasteiger partial charge is 0.237 e. The molecule has 0 bridgehead atoms. The Morgan fingerprint density at radius 2 is 2.27 bits per heavy atom. The third kappa shape index (κ3) is 1.87. The lowest BCUT2D eigenvalue weighted by atomic mass is 10.2. The first-order valence-corrected chi connectivity index (χ1v) is 3.67. The molecule has 0 aliphatic rings. The van der Waals surface area contributed by atoms with Crippen molar-refractivity contribution in [3.8, 4) is 0 Å². The third-order valence-corrected chi connectivity index (χ3v) is 1.58. The molecule has 0 fully saturated rings. The molecule has 0 saturated carbocycles. The number of rotatable bonds is 1. The van der Waals surface area contributed by atoms with Gasteiger partial charge in [0.25, 0.3) is 0 Å². The highest BCUT2D eigenvalue weighted by atomic mass is 14.9. The van der Waals surface area contributed by atoms with Gasteiger partial charge in [-0.3, -0.25) is 0 Å². The van der Waals surface area contributed by atoms with Crippen molar-refractivity contribution in [1.29, 1.82) is 0 Å². The van der Waals surface area contributed by atoms with Crippen LogP contribution in [0.15, 0.2) is 18.3 Å². The third-order valence-electron chi connectivity index (χ3n) is 1.58. The molecule has 0 aliphatic carbocycles. The van der Waals surface area contributed by atoms with Crippen molar-refractivity contribution in [3.05, 3.63) is 29.9 Å². The van der Waals surface area contributed by atoms with E-state index in [0.29, 0.717) is 0 Å². The molecule has 0 aromatic carbocycles. The van der Waals surface area contributed by atoms with E-state index < -0.39 is 0 Å². The van der Waals surface area contributed by atoms with Gasteiger partial charge in [-0.15, -0.1) is 0 Å². The molecule has 0 aliphatic heterocycles. The number of nitrogens with zero attached hydrogens (tertiary/aromatic N) is 2. The molecule has 2 nitrogen and oxygen atoms in total. The summed E-state index contributed by atoms with van der Waals surface area (Å²) in [6.45, 7) is 5.96. The highest BCUT2D eigenvalue weighted by molar-refractivity contribution is 5.56. The minimum atomic E-state index is 0.826. The Kier molecular flexibility index (Phi) is 2.36. The smallest absolute Gasteiger partial charge is 0.154 e. The summed E-state index contributed by atoms with van der Waals surface area (Å²) in [6.07, 6.45) is 3.79. The van der Waals surface area contributed by atoms with Gasteiger partial charge in [-0.25, -0.2) is 9.97 Å². The predicted octanol–water partition coefficient (Wildman–Crippen LogP) is 2.21. The predicted molar refractivity (Wildman–Crippen MR) is 46.1 cm³/mol. The van der Waals surface area contributed by atoms with Gasteiger partial charge in [0.15, 0.2) is 5.82 Å². The maximum atomic E-state index is 4.26. The molecule has 1 heterocycles. The minimum absolute atomic E-state index is 0.826. The van der Waals surface area contributed by atoms with E-state index in [2.05, 4.69) is 9.97 Å². The Bertz CT molecular complexity index is 277. The average molecular weight is 148 g/mol. The van der Waals surface area contributed by atoms with Gasteiger partial charge < -0.3 is 0 Å². The van der Waals surface area contributed by atoms with Gasteiger partial charge in [-0.1, -0.05) is 6.08 Å². The van der Waals surface area contributed by atoms with Gasteiger partial charge in [0.1, 0.15) is 0 Å². The Labute approximate surface area is 67.0 Å². The summed E-state index contributed by atoms with van der Waals surface area (Å²) in [7, 11) is 0. The van der Waals surface area contributed by atoms with Crippen LogP contribution in [0.25, 0.3) is 5.57 Å². The topological polar surface area (TPSA) is 25.8 Å². The van der Waals surface area contributed by atoms with Crippen molar-refractivity contribution in [2.75, 3.05) is 0 Å². The second kappa shape index (κ2) is 3.28. The molecule has 0 saturated heterocycles. The van der Waals surface area contributed by atoms with Gasteiger partial charge >= 0.3 is 0 Å². The van der Waals surface area contributed by atoms with Gasteiger partial charge in [-0.2, -0.15) is 0 Å². The first-order chi connectivity index (χ1) is 5.24. The first kappa shape index (κ1) is 7.92. The molecule has 0 unspecified atom stereocenters. The highest BCUT2D eigenvalue weighted by Crippen LogP contribution is 2.06. The van der Waals surface area contributed by atoms with Crippen LogP contribution < -0.4 is 0 Å². The van der Waals surface area contributed by atoms with Crippen molar-refractivity contribution in [2.45, 2.75) is 20.8 Å². The standard InChI is InChI=1S/C9H12N2/c1-4-7(2)9-10-6-5-8(3)11-9/h4-6H,1-3H3. The summed E-state index contributed by atoms with van der Waals surface area (Å²) in [5, 5.41) is 0. The van der Waals surface area contributed by atoms with Crippen molar-refractivity contribution in [3.63, 3.8) is 0 Å². The van der Waals surface area contributed by atoms with Crippen LogP contribution in [0.3, 0.4) is 0 Å². The lowest BCUT2D eigenvalue weighted by Crippen LogP contribution is -1.92. The van der Waals surface area contributed by atoms with Crippen molar-refractivity contribution in [2.24, 2.45) is 0 Å². The molecule has 1 rings (SSSR count). The lowest BCUT2D eigenvalue weighted by molar-refractivity contribution is 1.06. The van der Waals surface area contributed by atoms with Crippen molar-refractivity contribution in [1.82, 2.24) is 9.97 Å². The van der Waals surface area contributed by atoms with E-state index in [1.54, 1.807) is 6.20 Å². The molecule has 0 spiro atoms. The van der Waals surface area contributed by atoms with Crippen LogP contribution in [0.5, 0.6) is 0 Å². The molecule has 1 aromatic heterocycles. The Morgan fingerprint density at radius 3 is 2.82 bits per heavy atom. The van der Waals surface area contributed by atoms with Gasteiger partial charge in [0, 0.05) is 11.9 Å². The molecule has 0 amide bonds. The van der Waals surface area contributed by atoms with Crippen molar-refractivity contribution >= 4 is 5.57 Å². The SMILES string of the molecule is CC=C(C)c1nccc(C)n1. The van der Waals surface area contributed by atoms with E-state index in [1.807, 2.05) is 32.9 Å². The summed E-state index contributed by atoms with van der Waals surface area (Å²) >= 11 is 0. The number of hydrogen-bond acceptors (Lipinski definition) is 2. The summed E-state index contributed by atoms with van der Waals surface area (Å²) in [5.41, 5.74) is 2.13. The van der Waals surface area contributed by atoms with E-state index in [-0.39, 0.29) is 0 Å². The van der Waals surface area contributed by atoms with Crippen LogP contribution >= 0.6 is 0 Å². The van der Waals surface area contributed by atoms with Crippen LogP contribution in [-0.2, 0) is 0 Å².